The van der Waals surface area contributed by atoms with Crippen molar-refractivity contribution in [1.29, 1.82) is 0 Å². The van der Waals surface area contributed by atoms with Crippen LogP contribution in [0.4, 0.5) is 0 Å². The molecule has 1 aliphatic heterocycles. The van der Waals surface area contributed by atoms with Crippen LogP contribution in [0.25, 0.3) is 10.8 Å². The summed E-state index contributed by atoms with van der Waals surface area (Å²) < 4.78 is 0. The fourth-order valence-corrected chi connectivity index (χ4v) is 3.41. The second-order valence-corrected chi connectivity index (χ2v) is 7.67. The number of fused-ring (bicyclic) bond motifs is 1. The number of nitrogens with two attached hydrogens (primary N) is 1. The molecule has 2 aromatic carbocycles. The predicted octanol–water partition coefficient (Wildman–Crippen LogP) is 2.55. The second-order valence-electron chi connectivity index (χ2n) is 7.67. The number of carbonyl (C=O) groups is 2. The summed E-state index contributed by atoms with van der Waals surface area (Å²) in [6.07, 6.45) is 1.37. The highest BCUT2D eigenvalue weighted by Crippen LogP contribution is 2.24. The van der Waals surface area contributed by atoms with Crippen LogP contribution in [0, 0.1) is 5.92 Å². The molecule has 2 amide bonds. The largest absolute Gasteiger partial charge is 0.350 e. The lowest BCUT2D eigenvalue weighted by Gasteiger charge is -2.34. The third-order valence-electron chi connectivity index (χ3n) is 5.14. The Morgan fingerprint density at radius 2 is 1.77 bits per heavy atom. The third kappa shape index (κ3) is 3.88. The summed E-state index contributed by atoms with van der Waals surface area (Å²) in [7, 11) is 0. The lowest BCUT2D eigenvalue weighted by atomic mass is 9.93. The number of likely N-dealkylation sites (tertiary alicyclic amines) is 1. The van der Waals surface area contributed by atoms with Crippen LogP contribution < -0.4 is 11.1 Å². The Kier molecular flexibility index (Phi) is 5.28. The van der Waals surface area contributed by atoms with Gasteiger partial charge in [0, 0.05) is 36.7 Å². The zero-order valence-electron chi connectivity index (χ0n) is 15.5. The first kappa shape index (κ1) is 18.4. The minimum atomic E-state index is -0.396. The van der Waals surface area contributed by atoms with Crippen LogP contribution in [0.2, 0.25) is 0 Å². The second kappa shape index (κ2) is 7.46. The van der Waals surface area contributed by atoms with Gasteiger partial charge in [0.05, 0.1) is 0 Å². The van der Waals surface area contributed by atoms with E-state index < -0.39 is 5.54 Å². The van der Waals surface area contributed by atoms with Gasteiger partial charge in [0.25, 0.3) is 5.91 Å². The van der Waals surface area contributed by atoms with E-state index in [0.29, 0.717) is 32.5 Å². The molecule has 1 saturated heterocycles. The van der Waals surface area contributed by atoms with Gasteiger partial charge in [-0.2, -0.15) is 0 Å². The van der Waals surface area contributed by atoms with Gasteiger partial charge >= 0.3 is 0 Å². The van der Waals surface area contributed by atoms with E-state index in [1.54, 1.807) is 0 Å². The van der Waals surface area contributed by atoms with Crippen molar-refractivity contribution < 1.29 is 9.59 Å². The average molecular weight is 353 g/mol. The van der Waals surface area contributed by atoms with Gasteiger partial charge < -0.3 is 16.0 Å². The molecule has 0 unspecified atom stereocenters. The molecular weight excluding hydrogens is 326 g/mol. The van der Waals surface area contributed by atoms with Crippen molar-refractivity contribution in [1.82, 2.24) is 10.2 Å². The van der Waals surface area contributed by atoms with Gasteiger partial charge in [0.15, 0.2) is 0 Å². The quantitative estimate of drug-likeness (QED) is 0.887. The highest BCUT2D eigenvalue weighted by atomic mass is 16.2. The lowest BCUT2D eigenvalue weighted by molar-refractivity contribution is -0.127. The molecule has 3 rings (SSSR count). The van der Waals surface area contributed by atoms with E-state index in [4.69, 9.17) is 5.73 Å². The zero-order chi connectivity index (χ0) is 18.7. The molecule has 0 aliphatic carbocycles. The Balaban J connectivity index is 1.66. The van der Waals surface area contributed by atoms with E-state index in [2.05, 4.69) is 5.32 Å². The Bertz CT molecular complexity index is 803. The molecule has 5 nitrogen and oxygen atoms in total. The van der Waals surface area contributed by atoms with E-state index in [9.17, 15) is 9.59 Å². The van der Waals surface area contributed by atoms with E-state index in [0.717, 1.165) is 16.3 Å². The number of amides is 2. The normalized spacial score (nSPS) is 15.9. The number of nitrogens with zero attached hydrogens (tertiary/aromatic N) is 1. The van der Waals surface area contributed by atoms with Gasteiger partial charge in [-0.1, -0.05) is 36.4 Å². The van der Waals surface area contributed by atoms with Crippen LogP contribution in [0.3, 0.4) is 0 Å². The van der Waals surface area contributed by atoms with Gasteiger partial charge in [-0.25, -0.2) is 0 Å². The molecule has 1 heterocycles. The highest BCUT2D eigenvalue weighted by molar-refractivity contribution is 6.07. The standard InChI is InChI=1S/C21H27N3O2/c1-21(2,14-22)23-19(25)16-10-12-24(13-11-16)20(26)18-9-5-7-15-6-3-4-8-17(15)18/h3-9,16H,10-14,22H2,1-2H3,(H,23,25). The molecular formula is C21H27N3O2. The lowest BCUT2D eigenvalue weighted by Crippen LogP contribution is -2.52. The average Bonchev–Trinajstić information content (AvgIpc) is 2.67. The van der Waals surface area contributed by atoms with Gasteiger partial charge in [0.1, 0.15) is 0 Å². The van der Waals surface area contributed by atoms with Crippen molar-refractivity contribution in [3.05, 3.63) is 48.0 Å². The molecule has 26 heavy (non-hydrogen) atoms. The summed E-state index contributed by atoms with van der Waals surface area (Å²) in [5, 5.41) is 5.05. The smallest absolute Gasteiger partial charge is 0.254 e. The molecule has 138 valence electrons. The van der Waals surface area contributed by atoms with E-state index in [1.165, 1.54) is 0 Å². The molecule has 0 saturated carbocycles. The molecule has 2 aromatic rings. The van der Waals surface area contributed by atoms with Crippen molar-refractivity contribution in [3.63, 3.8) is 0 Å². The summed E-state index contributed by atoms with van der Waals surface area (Å²) in [5.74, 6) is 0.0260. The Labute approximate surface area is 154 Å². The Hall–Kier alpha value is -2.40. The maximum absolute atomic E-state index is 13.0. The van der Waals surface area contributed by atoms with Crippen LogP contribution >= 0.6 is 0 Å². The predicted molar refractivity (Wildman–Crippen MR) is 104 cm³/mol. The summed E-state index contributed by atoms with van der Waals surface area (Å²) in [5.41, 5.74) is 6.02. The number of piperidine rings is 1. The van der Waals surface area contributed by atoms with E-state index >= 15 is 0 Å². The fourth-order valence-electron chi connectivity index (χ4n) is 3.41. The first-order chi connectivity index (χ1) is 12.4. The van der Waals surface area contributed by atoms with E-state index in [1.807, 2.05) is 61.2 Å². The zero-order valence-corrected chi connectivity index (χ0v) is 15.5. The van der Waals surface area contributed by atoms with Gasteiger partial charge in [0.2, 0.25) is 5.91 Å². The van der Waals surface area contributed by atoms with Gasteiger partial charge in [-0.3, -0.25) is 9.59 Å². The number of carbonyl (C=O) groups excluding carboxylic acids is 2. The van der Waals surface area contributed by atoms with Crippen LogP contribution in [-0.2, 0) is 4.79 Å². The van der Waals surface area contributed by atoms with Crippen LogP contribution in [0.5, 0.6) is 0 Å². The minimum absolute atomic E-state index is 0.0395. The molecule has 3 N–H and O–H groups in total. The molecule has 1 fully saturated rings. The first-order valence-corrected chi connectivity index (χ1v) is 9.20. The van der Waals surface area contributed by atoms with Crippen molar-refractivity contribution in [3.8, 4) is 0 Å². The highest BCUT2D eigenvalue weighted by Gasteiger charge is 2.30. The van der Waals surface area contributed by atoms with Crippen molar-refractivity contribution >= 4 is 22.6 Å². The number of nitrogens with one attached hydrogen (secondary N) is 1. The van der Waals surface area contributed by atoms with Crippen LogP contribution in [-0.4, -0.2) is 41.9 Å². The molecule has 0 atom stereocenters. The van der Waals surface area contributed by atoms with Crippen molar-refractivity contribution in [2.75, 3.05) is 19.6 Å². The van der Waals surface area contributed by atoms with Crippen LogP contribution in [0.1, 0.15) is 37.0 Å². The van der Waals surface area contributed by atoms with E-state index in [-0.39, 0.29) is 17.7 Å². The molecule has 0 bridgehead atoms. The van der Waals surface area contributed by atoms with Gasteiger partial charge in [-0.15, -0.1) is 0 Å². The summed E-state index contributed by atoms with van der Waals surface area (Å²) in [4.78, 5) is 27.3. The molecule has 0 spiro atoms. The SMILES string of the molecule is CC(C)(CN)NC(=O)C1CCN(C(=O)c2cccc3ccccc23)CC1. The monoisotopic (exact) mass is 353 g/mol. The number of hydrogen-bond acceptors (Lipinski definition) is 3. The summed E-state index contributed by atoms with van der Waals surface area (Å²) in [6.45, 7) is 5.44. The Morgan fingerprint density at radius 1 is 1.12 bits per heavy atom. The van der Waals surface area contributed by atoms with Crippen LogP contribution in [0.15, 0.2) is 42.5 Å². The number of rotatable bonds is 4. The van der Waals surface area contributed by atoms with Gasteiger partial charge in [-0.05, 0) is 43.5 Å². The first-order valence-electron chi connectivity index (χ1n) is 9.20. The topological polar surface area (TPSA) is 75.4 Å². The third-order valence-corrected chi connectivity index (χ3v) is 5.14. The van der Waals surface area contributed by atoms with Crippen molar-refractivity contribution in [2.45, 2.75) is 32.2 Å². The van der Waals surface area contributed by atoms with Crippen molar-refractivity contribution in [2.24, 2.45) is 11.7 Å². The molecule has 1 aliphatic rings. The fraction of sp³-hybridized carbons (Fsp3) is 0.429. The summed E-state index contributed by atoms with van der Waals surface area (Å²) >= 11 is 0. The number of hydrogen-bond donors (Lipinski definition) is 2. The summed E-state index contributed by atoms with van der Waals surface area (Å²) in [6, 6.07) is 13.7. The molecule has 0 aromatic heterocycles. The number of benzene rings is 2. The maximum atomic E-state index is 13.0. The maximum Gasteiger partial charge on any atom is 0.254 e. The molecule has 5 heteroatoms. The minimum Gasteiger partial charge on any atom is -0.350 e. The molecule has 0 radical (unpaired) electrons. The Morgan fingerprint density at radius 3 is 2.46 bits per heavy atom.